The molecule has 1 aliphatic heterocycles. The number of aromatic nitrogens is 1. The first-order valence-corrected chi connectivity index (χ1v) is 7.87. The van der Waals surface area contributed by atoms with Crippen molar-refractivity contribution < 1.29 is 9.59 Å². The summed E-state index contributed by atoms with van der Waals surface area (Å²) in [6.45, 7) is 0.0640. The number of aryl methyl sites for hydroxylation is 1. The smallest absolute Gasteiger partial charge is 0.244 e. The molecule has 0 saturated heterocycles. The summed E-state index contributed by atoms with van der Waals surface area (Å²) in [6.07, 6.45) is 6.07. The van der Waals surface area contributed by atoms with Gasteiger partial charge in [-0.25, -0.2) is 0 Å². The van der Waals surface area contributed by atoms with Crippen molar-refractivity contribution >= 4 is 23.2 Å². The molecule has 2 amide bonds. The number of pyridine rings is 1. The van der Waals surface area contributed by atoms with E-state index in [4.69, 9.17) is 0 Å². The van der Waals surface area contributed by atoms with E-state index in [1.165, 1.54) is 5.56 Å². The average molecular weight is 307 g/mol. The Morgan fingerprint density at radius 3 is 3.04 bits per heavy atom. The van der Waals surface area contributed by atoms with Gasteiger partial charge in [-0.1, -0.05) is 24.3 Å². The molecule has 1 unspecified atom stereocenters. The quantitative estimate of drug-likeness (QED) is 0.880. The molecular formula is C18H17N3O2. The zero-order valence-electron chi connectivity index (χ0n) is 12.7. The van der Waals surface area contributed by atoms with Crippen molar-refractivity contribution in [3.05, 3.63) is 53.9 Å². The van der Waals surface area contributed by atoms with E-state index in [0.717, 1.165) is 30.5 Å². The Balaban J connectivity index is 1.72. The van der Waals surface area contributed by atoms with Gasteiger partial charge in [0.1, 0.15) is 6.54 Å². The Kier molecular flexibility index (Phi) is 3.33. The molecule has 1 aromatic carbocycles. The van der Waals surface area contributed by atoms with Gasteiger partial charge in [-0.3, -0.25) is 14.6 Å². The molecule has 1 atom stereocenters. The monoisotopic (exact) mass is 307 g/mol. The highest BCUT2D eigenvalue weighted by Crippen LogP contribution is 2.36. The normalized spacial score (nSPS) is 19.6. The molecule has 0 bridgehead atoms. The van der Waals surface area contributed by atoms with E-state index in [-0.39, 0.29) is 24.3 Å². The lowest BCUT2D eigenvalue weighted by Crippen LogP contribution is -2.44. The van der Waals surface area contributed by atoms with Crippen molar-refractivity contribution in [2.75, 3.05) is 16.8 Å². The fraction of sp³-hybridized carbons (Fsp3) is 0.278. The van der Waals surface area contributed by atoms with Gasteiger partial charge in [0.05, 0.1) is 23.5 Å². The number of rotatable bonds is 1. The molecule has 1 aromatic heterocycles. The molecule has 0 fully saturated rings. The van der Waals surface area contributed by atoms with Gasteiger partial charge in [-0.2, -0.15) is 0 Å². The van der Waals surface area contributed by atoms with E-state index in [9.17, 15) is 9.59 Å². The largest absolute Gasteiger partial charge is 0.321 e. The second-order valence-corrected chi connectivity index (χ2v) is 6.01. The third kappa shape index (κ3) is 2.38. The number of amides is 2. The first-order valence-electron chi connectivity index (χ1n) is 7.87. The number of carbonyl (C=O) groups excluding carboxylic acids is 2. The molecule has 5 heteroatoms. The van der Waals surface area contributed by atoms with Crippen LogP contribution in [-0.4, -0.2) is 23.3 Å². The summed E-state index contributed by atoms with van der Waals surface area (Å²) in [4.78, 5) is 30.7. The lowest BCUT2D eigenvalue weighted by Gasteiger charge is -2.33. The van der Waals surface area contributed by atoms with Gasteiger partial charge in [0.2, 0.25) is 11.8 Å². The second-order valence-electron chi connectivity index (χ2n) is 6.01. The molecule has 23 heavy (non-hydrogen) atoms. The van der Waals surface area contributed by atoms with Crippen LogP contribution in [0.25, 0.3) is 0 Å². The molecule has 116 valence electrons. The molecule has 0 spiro atoms. The summed E-state index contributed by atoms with van der Waals surface area (Å²) >= 11 is 0. The molecule has 1 N–H and O–H groups in total. The van der Waals surface area contributed by atoms with E-state index in [0.29, 0.717) is 5.69 Å². The summed E-state index contributed by atoms with van der Waals surface area (Å²) in [5.74, 6) is -0.353. The zero-order chi connectivity index (χ0) is 15.8. The highest BCUT2D eigenvalue weighted by atomic mass is 16.2. The van der Waals surface area contributed by atoms with Crippen LogP contribution in [0.15, 0.2) is 42.7 Å². The molecule has 1 aliphatic carbocycles. The predicted molar refractivity (Wildman–Crippen MR) is 87.3 cm³/mol. The number of nitrogens with one attached hydrogen (secondary N) is 1. The summed E-state index contributed by atoms with van der Waals surface area (Å²) in [5, 5.41) is 2.77. The number of hydrogen-bond donors (Lipinski definition) is 1. The summed E-state index contributed by atoms with van der Waals surface area (Å²) in [7, 11) is 0. The predicted octanol–water partition coefficient (Wildman–Crippen LogP) is 2.49. The van der Waals surface area contributed by atoms with Crippen molar-refractivity contribution in [1.82, 2.24) is 4.98 Å². The lowest BCUT2D eigenvalue weighted by atomic mass is 9.82. The molecule has 5 nitrogen and oxygen atoms in total. The minimum absolute atomic E-state index is 0.000509. The van der Waals surface area contributed by atoms with Crippen LogP contribution in [-0.2, 0) is 16.0 Å². The molecule has 2 heterocycles. The number of carbonyl (C=O) groups is 2. The van der Waals surface area contributed by atoms with Gasteiger partial charge >= 0.3 is 0 Å². The summed E-state index contributed by atoms with van der Waals surface area (Å²) < 4.78 is 0. The van der Waals surface area contributed by atoms with Crippen molar-refractivity contribution in [2.45, 2.75) is 25.2 Å². The fourth-order valence-electron chi connectivity index (χ4n) is 3.53. The van der Waals surface area contributed by atoms with Gasteiger partial charge < -0.3 is 10.2 Å². The Bertz CT molecular complexity index is 787. The SMILES string of the molecule is O=C1CN(C(=O)C2CCCc3ccccc32)c2ccncc2N1. The molecule has 2 aliphatic rings. The third-order valence-electron chi connectivity index (χ3n) is 4.60. The molecular weight excluding hydrogens is 290 g/mol. The van der Waals surface area contributed by atoms with Gasteiger partial charge in [0.15, 0.2) is 0 Å². The molecule has 0 radical (unpaired) electrons. The number of benzene rings is 1. The summed E-state index contributed by atoms with van der Waals surface area (Å²) in [6, 6.07) is 9.90. The maximum absolute atomic E-state index is 13.1. The van der Waals surface area contributed by atoms with Crippen LogP contribution in [0.4, 0.5) is 11.4 Å². The minimum atomic E-state index is -0.178. The maximum Gasteiger partial charge on any atom is 0.244 e. The van der Waals surface area contributed by atoms with Crippen LogP contribution in [0.3, 0.4) is 0 Å². The second kappa shape index (κ2) is 5.50. The number of hydrogen-bond acceptors (Lipinski definition) is 3. The first-order chi connectivity index (χ1) is 11.2. The minimum Gasteiger partial charge on any atom is -0.321 e. The Labute approximate surface area is 134 Å². The van der Waals surface area contributed by atoms with Gasteiger partial charge in [-0.15, -0.1) is 0 Å². The van der Waals surface area contributed by atoms with E-state index < -0.39 is 0 Å². The fourth-order valence-corrected chi connectivity index (χ4v) is 3.53. The number of anilines is 2. The van der Waals surface area contributed by atoms with Crippen molar-refractivity contribution in [3.63, 3.8) is 0 Å². The zero-order valence-corrected chi connectivity index (χ0v) is 12.7. The Hall–Kier alpha value is -2.69. The van der Waals surface area contributed by atoms with Crippen LogP contribution in [0.5, 0.6) is 0 Å². The number of nitrogens with zero attached hydrogens (tertiary/aromatic N) is 2. The lowest BCUT2D eigenvalue weighted by molar-refractivity contribution is -0.123. The van der Waals surface area contributed by atoms with Crippen molar-refractivity contribution in [2.24, 2.45) is 0 Å². The van der Waals surface area contributed by atoms with Crippen molar-refractivity contribution in [1.29, 1.82) is 0 Å². The van der Waals surface area contributed by atoms with Gasteiger partial charge in [-0.05, 0) is 36.5 Å². The number of fused-ring (bicyclic) bond motifs is 2. The van der Waals surface area contributed by atoms with Crippen molar-refractivity contribution in [3.8, 4) is 0 Å². The third-order valence-corrected chi connectivity index (χ3v) is 4.60. The van der Waals surface area contributed by atoms with Gasteiger partial charge in [0, 0.05) is 6.20 Å². The molecule has 2 aromatic rings. The van der Waals surface area contributed by atoms with Crippen LogP contribution >= 0.6 is 0 Å². The van der Waals surface area contributed by atoms with E-state index in [1.807, 2.05) is 18.2 Å². The Morgan fingerprint density at radius 1 is 1.26 bits per heavy atom. The van der Waals surface area contributed by atoms with Crippen LogP contribution in [0.2, 0.25) is 0 Å². The molecule has 0 saturated carbocycles. The van der Waals surface area contributed by atoms with Crippen LogP contribution < -0.4 is 10.2 Å². The van der Waals surface area contributed by atoms with Crippen LogP contribution in [0.1, 0.15) is 29.9 Å². The maximum atomic E-state index is 13.1. The van der Waals surface area contributed by atoms with Gasteiger partial charge in [0.25, 0.3) is 0 Å². The van der Waals surface area contributed by atoms with E-state index in [1.54, 1.807) is 23.4 Å². The Morgan fingerprint density at radius 2 is 2.13 bits per heavy atom. The van der Waals surface area contributed by atoms with E-state index >= 15 is 0 Å². The first kappa shape index (κ1) is 13.9. The van der Waals surface area contributed by atoms with E-state index in [2.05, 4.69) is 16.4 Å². The standard InChI is InChI=1S/C18H17N3O2/c22-17-11-21(16-8-9-19-10-15(16)20-17)18(23)14-7-3-5-12-4-1-2-6-13(12)14/h1-2,4,6,8-10,14H,3,5,7,11H2,(H,20,22). The highest BCUT2D eigenvalue weighted by molar-refractivity contribution is 6.11. The topological polar surface area (TPSA) is 62.3 Å². The molecule has 4 rings (SSSR count). The highest BCUT2D eigenvalue weighted by Gasteiger charge is 2.34. The summed E-state index contributed by atoms with van der Waals surface area (Å²) in [5.41, 5.74) is 3.67. The van der Waals surface area contributed by atoms with Crippen LogP contribution in [0, 0.1) is 0 Å². The average Bonchev–Trinajstić information content (AvgIpc) is 2.60.